The summed E-state index contributed by atoms with van der Waals surface area (Å²) in [6.07, 6.45) is 1.73. The van der Waals surface area contributed by atoms with Crippen LogP contribution in [0.2, 0.25) is 5.02 Å². The van der Waals surface area contributed by atoms with Gasteiger partial charge in [0.15, 0.2) is 5.82 Å². The van der Waals surface area contributed by atoms with Gasteiger partial charge in [0, 0.05) is 27.8 Å². The van der Waals surface area contributed by atoms with Crippen LogP contribution in [0, 0.1) is 4.84 Å². The number of aromatic amines is 2. The molecule has 0 aliphatic rings. The van der Waals surface area contributed by atoms with Crippen LogP contribution in [0.5, 0.6) is 5.75 Å². The van der Waals surface area contributed by atoms with E-state index in [0.29, 0.717) is 33.5 Å². The summed E-state index contributed by atoms with van der Waals surface area (Å²) in [5.74, 6) is 1.56. The van der Waals surface area contributed by atoms with Crippen LogP contribution in [0.1, 0.15) is 41.7 Å². The molecule has 4 aromatic carbocycles. The number of rotatable bonds is 9. The zero-order chi connectivity index (χ0) is 29.9. The molecule has 0 fully saturated rings. The van der Waals surface area contributed by atoms with E-state index in [0.717, 1.165) is 46.1 Å². The van der Waals surface area contributed by atoms with Gasteiger partial charge in [0.2, 0.25) is 0 Å². The van der Waals surface area contributed by atoms with Crippen LogP contribution < -0.4 is 10.1 Å². The number of halogens is 1. The number of carbonyl (C=O) groups excluding carboxylic acids is 1. The average Bonchev–Trinajstić information content (AvgIpc) is 3.66. The van der Waals surface area contributed by atoms with Gasteiger partial charge in [-0.2, -0.15) is 0 Å². The van der Waals surface area contributed by atoms with Gasteiger partial charge in [-0.05, 0) is 77.8 Å². The second kappa shape index (κ2) is 12.2. The predicted molar refractivity (Wildman–Crippen MR) is 171 cm³/mol. The maximum Gasteiger partial charge on any atom is 0.295 e. The van der Waals surface area contributed by atoms with Crippen molar-refractivity contribution in [3.63, 3.8) is 0 Å². The fourth-order valence-corrected chi connectivity index (χ4v) is 5.49. The normalized spacial score (nSPS) is 11.9. The van der Waals surface area contributed by atoms with E-state index in [9.17, 15) is 4.79 Å². The Balaban J connectivity index is 1.45. The third kappa shape index (κ3) is 5.95. The zero-order valence-corrected chi connectivity index (χ0v) is 25.1. The molecule has 3 N–H and O–H groups in total. The molecule has 2 aromatic heterocycles. The molecule has 0 bridgehead atoms. The fourth-order valence-electron chi connectivity index (χ4n) is 5.19. The van der Waals surface area contributed by atoms with Crippen molar-refractivity contribution >= 4 is 40.8 Å². The van der Waals surface area contributed by atoms with Crippen LogP contribution in [-0.2, 0) is 0 Å². The molecule has 2 heterocycles. The summed E-state index contributed by atoms with van der Waals surface area (Å²) >= 11 is 11.7. The molecule has 8 nitrogen and oxygen atoms in total. The van der Waals surface area contributed by atoms with E-state index < -0.39 is 0 Å². The molecule has 0 saturated heterocycles. The highest BCUT2D eigenvalue weighted by atomic mass is 35.5. The van der Waals surface area contributed by atoms with E-state index in [1.54, 1.807) is 19.2 Å². The smallest absolute Gasteiger partial charge is 0.295 e. The van der Waals surface area contributed by atoms with Gasteiger partial charge in [-0.25, -0.2) is 4.98 Å². The monoisotopic (exact) mass is 609 g/mol. The van der Waals surface area contributed by atoms with Crippen molar-refractivity contribution in [2.45, 2.75) is 25.8 Å². The quantitative estimate of drug-likeness (QED) is 0.142. The molecule has 6 aromatic rings. The van der Waals surface area contributed by atoms with Crippen LogP contribution in [-0.4, -0.2) is 33.1 Å². The molecule has 1 amide bonds. The number of nitrogens with one attached hydrogen (secondary N) is 3. The molecule has 1 unspecified atom stereocenters. The van der Waals surface area contributed by atoms with Crippen molar-refractivity contribution < 1.29 is 14.1 Å². The Morgan fingerprint density at radius 3 is 2.51 bits per heavy atom. The van der Waals surface area contributed by atoms with Crippen LogP contribution in [0.25, 0.3) is 44.9 Å². The molecule has 10 heteroatoms. The Morgan fingerprint density at radius 1 is 0.953 bits per heavy atom. The third-order valence-corrected chi connectivity index (χ3v) is 7.69. The van der Waals surface area contributed by atoms with Crippen LogP contribution in [0.4, 0.5) is 0 Å². The largest absolute Gasteiger partial charge is 0.497 e. The summed E-state index contributed by atoms with van der Waals surface area (Å²) < 4.78 is 10.6. The number of aromatic nitrogens is 4. The molecular weight excluding hydrogens is 582 g/mol. The molecule has 43 heavy (non-hydrogen) atoms. The van der Waals surface area contributed by atoms with Gasteiger partial charge in [-0.1, -0.05) is 66.5 Å². The molecule has 1 atom stereocenters. The first-order valence-electron chi connectivity index (χ1n) is 13.8. The summed E-state index contributed by atoms with van der Waals surface area (Å²) in [4.78, 5) is 25.0. The van der Waals surface area contributed by atoms with Crippen LogP contribution in [0.3, 0.4) is 0 Å². The summed E-state index contributed by atoms with van der Waals surface area (Å²) in [6.45, 7) is 2.10. The van der Waals surface area contributed by atoms with Crippen LogP contribution >= 0.6 is 23.8 Å². The lowest BCUT2D eigenvalue weighted by molar-refractivity contribution is 0.0934. The van der Waals surface area contributed by atoms with E-state index in [2.05, 4.69) is 27.4 Å². The van der Waals surface area contributed by atoms with E-state index in [1.807, 2.05) is 72.8 Å². The van der Waals surface area contributed by atoms with Crippen molar-refractivity contribution in [3.05, 3.63) is 106 Å². The number of ether oxygens (including phenoxy) is 1. The van der Waals surface area contributed by atoms with Crippen molar-refractivity contribution in [2.24, 2.45) is 0 Å². The van der Waals surface area contributed by atoms with E-state index >= 15 is 0 Å². The Morgan fingerprint density at radius 2 is 1.77 bits per heavy atom. The van der Waals surface area contributed by atoms with Gasteiger partial charge in [0.05, 0.1) is 24.2 Å². The zero-order valence-electron chi connectivity index (χ0n) is 23.5. The number of benzene rings is 4. The number of H-pyrrole nitrogens is 2. The van der Waals surface area contributed by atoms with Gasteiger partial charge < -0.3 is 19.6 Å². The van der Waals surface area contributed by atoms with E-state index in [1.165, 1.54) is 0 Å². The molecule has 0 saturated carbocycles. The first kappa shape index (κ1) is 28.4. The summed E-state index contributed by atoms with van der Waals surface area (Å²) in [5.41, 5.74) is 6.15. The third-order valence-electron chi connectivity index (χ3n) is 7.28. The number of hydrogen-bond acceptors (Lipinski definition) is 6. The molecular formula is C33H28ClN5O3S. The van der Waals surface area contributed by atoms with Gasteiger partial charge in [-0.3, -0.25) is 9.78 Å². The number of carbonyl (C=O) groups is 1. The average molecular weight is 610 g/mol. The maximum atomic E-state index is 13.6. The maximum absolute atomic E-state index is 13.6. The number of nitrogens with zero attached hydrogens (tertiary/aromatic N) is 2. The lowest BCUT2D eigenvalue weighted by Crippen LogP contribution is -2.28. The number of hydrogen-bond donors (Lipinski definition) is 3. The fraction of sp³-hybridized carbons (Fsp3) is 0.152. The molecule has 0 aliphatic heterocycles. The highest BCUT2D eigenvalue weighted by molar-refractivity contribution is 7.71. The summed E-state index contributed by atoms with van der Waals surface area (Å²) in [6, 6.07) is 26.6. The second-order valence-electron chi connectivity index (χ2n) is 10.1. The van der Waals surface area contributed by atoms with Crippen molar-refractivity contribution in [1.29, 1.82) is 0 Å². The SMILES string of the molecule is CCCC(NC(=O)c1ccc(-c2cc(Cl)ccc2-c2nc3cc(OC)ccc3[nH]2)c(-c2noc(=S)[nH]2)c1)c1ccccc1. The Kier molecular flexibility index (Phi) is 8.09. The summed E-state index contributed by atoms with van der Waals surface area (Å²) in [7, 11) is 1.62. The minimum Gasteiger partial charge on any atom is -0.497 e. The van der Waals surface area contributed by atoms with Crippen LogP contribution in [0.15, 0.2) is 89.5 Å². The molecule has 216 valence electrons. The van der Waals surface area contributed by atoms with Gasteiger partial charge >= 0.3 is 0 Å². The number of amides is 1. The topological polar surface area (TPSA) is 109 Å². The van der Waals surface area contributed by atoms with E-state index in [-0.39, 0.29) is 16.8 Å². The number of methoxy groups -OCH3 is 1. The van der Waals surface area contributed by atoms with Gasteiger partial charge in [0.1, 0.15) is 11.6 Å². The standard InChI is InChI=1S/C33H28ClN5O3S/c1-3-7-27(19-8-5-4-6-9-19)37-32(40)20-10-13-23(26(16-20)31-38-33(43)42-39-31)25-17-21(34)11-14-24(25)30-35-28-15-12-22(41-2)18-29(28)36-30/h4-6,8-18,27H,3,7H2,1-2H3,(H,35,36)(H,37,40)(H,38,39,43). The molecule has 0 radical (unpaired) electrons. The Hall–Kier alpha value is -4.73. The van der Waals surface area contributed by atoms with Gasteiger partial charge in [0.25, 0.3) is 10.7 Å². The highest BCUT2D eigenvalue weighted by Gasteiger charge is 2.21. The minimum absolute atomic E-state index is 0.120. The van der Waals surface area contributed by atoms with Crippen molar-refractivity contribution in [3.8, 4) is 39.7 Å². The number of fused-ring (bicyclic) bond motifs is 1. The number of imidazole rings is 1. The second-order valence-corrected chi connectivity index (χ2v) is 10.9. The molecule has 0 aliphatic carbocycles. The van der Waals surface area contributed by atoms with E-state index in [4.69, 9.17) is 38.1 Å². The van der Waals surface area contributed by atoms with Gasteiger partial charge in [-0.15, -0.1) is 0 Å². The Bertz CT molecular complexity index is 1980. The Labute approximate surface area is 258 Å². The van der Waals surface area contributed by atoms with Crippen molar-refractivity contribution in [1.82, 2.24) is 25.4 Å². The predicted octanol–water partition coefficient (Wildman–Crippen LogP) is 8.54. The molecule has 0 spiro atoms. The highest BCUT2D eigenvalue weighted by Crippen LogP contribution is 2.39. The van der Waals surface area contributed by atoms with Crippen molar-refractivity contribution in [2.75, 3.05) is 7.11 Å². The summed E-state index contributed by atoms with van der Waals surface area (Å²) in [5, 5.41) is 7.90. The first-order chi connectivity index (χ1) is 20.9. The lowest BCUT2D eigenvalue weighted by Gasteiger charge is -2.19. The first-order valence-corrected chi connectivity index (χ1v) is 14.6. The molecule has 6 rings (SSSR count). The minimum atomic E-state index is -0.199. The lowest BCUT2D eigenvalue weighted by atomic mass is 9.92.